The largest absolute Gasteiger partial charge is 0.454 e. The van der Waals surface area contributed by atoms with Crippen LogP contribution >= 0.6 is 24.0 Å². The van der Waals surface area contributed by atoms with Crippen LogP contribution in [0.2, 0.25) is 0 Å². The summed E-state index contributed by atoms with van der Waals surface area (Å²) in [6.07, 6.45) is 1.24. The fourth-order valence-corrected chi connectivity index (χ4v) is 2.68. The van der Waals surface area contributed by atoms with Crippen molar-refractivity contribution in [2.45, 2.75) is 12.8 Å². The van der Waals surface area contributed by atoms with Crippen LogP contribution in [-0.2, 0) is 12.8 Å². The van der Waals surface area contributed by atoms with Gasteiger partial charge in [0.15, 0.2) is 17.5 Å². The van der Waals surface area contributed by atoms with Gasteiger partial charge in [-0.05, 0) is 42.2 Å². The second-order valence-electron chi connectivity index (χ2n) is 5.85. The van der Waals surface area contributed by atoms with E-state index in [9.17, 15) is 8.78 Å². The molecule has 0 unspecified atom stereocenters. The van der Waals surface area contributed by atoms with E-state index in [0.29, 0.717) is 31.0 Å². The molecule has 0 bridgehead atoms. The molecule has 0 aromatic heterocycles. The highest BCUT2D eigenvalue weighted by molar-refractivity contribution is 14.0. The van der Waals surface area contributed by atoms with E-state index >= 15 is 0 Å². The standard InChI is InChI=1S/C19H21F2N3O2.HI/c1-22-19(24-9-7-14-3-4-15(20)11-16(14)21)23-8-6-13-2-5-17-18(10-13)26-12-25-17;/h2-5,10-11H,6-9,12H2,1H3,(H2,22,23,24);1H. The molecule has 0 amide bonds. The molecule has 3 rings (SSSR count). The van der Waals surface area contributed by atoms with Crippen LogP contribution in [0.3, 0.4) is 0 Å². The lowest BCUT2D eigenvalue weighted by Crippen LogP contribution is -2.39. The van der Waals surface area contributed by atoms with Crippen LogP contribution in [0.1, 0.15) is 11.1 Å². The van der Waals surface area contributed by atoms with Crippen molar-refractivity contribution >= 4 is 29.9 Å². The van der Waals surface area contributed by atoms with Gasteiger partial charge in [0.05, 0.1) is 0 Å². The van der Waals surface area contributed by atoms with Crippen LogP contribution in [0.5, 0.6) is 11.5 Å². The van der Waals surface area contributed by atoms with Crippen molar-refractivity contribution in [3.63, 3.8) is 0 Å². The summed E-state index contributed by atoms with van der Waals surface area (Å²) in [6.45, 7) is 1.44. The Kier molecular flexibility index (Phi) is 8.08. The molecule has 0 aliphatic carbocycles. The zero-order valence-electron chi connectivity index (χ0n) is 14.9. The van der Waals surface area contributed by atoms with Crippen molar-refractivity contribution in [2.24, 2.45) is 4.99 Å². The SMILES string of the molecule is CN=C(NCCc1ccc2c(c1)OCO2)NCCc1ccc(F)cc1F.I. The molecule has 5 nitrogen and oxygen atoms in total. The van der Waals surface area contributed by atoms with E-state index in [4.69, 9.17) is 9.47 Å². The monoisotopic (exact) mass is 489 g/mol. The number of benzene rings is 2. The van der Waals surface area contributed by atoms with Gasteiger partial charge in [-0.2, -0.15) is 0 Å². The lowest BCUT2D eigenvalue weighted by molar-refractivity contribution is 0.174. The Hall–Kier alpha value is -2.10. The molecule has 2 N–H and O–H groups in total. The topological polar surface area (TPSA) is 54.9 Å². The van der Waals surface area contributed by atoms with Crippen molar-refractivity contribution in [1.82, 2.24) is 10.6 Å². The van der Waals surface area contributed by atoms with Gasteiger partial charge in [-0.1, -0.05) is 12.1 Å². The van der Waals surface area contributed by atoms with Crippen LogP contribution in [0.25, 0.3) is 0 Å². The van der Waals surface area contributed by atoms with Crippen LogP contribution in [-0.4, -0.2) is 32.9 Å². The Morgan fingerprint density at radius 1 is 1.00 bits per heavy atom. The average Bonchev–Trinajstić information content (AvgIpc) is 3.10. The molecule has 0 fully saturated rings. The zero-order chi connectivity index (χ0) is 18.4. The average molecular weight is 489 g/mol. The highest BCUT2D eigenvalue weighted by Crippen LogP contribution is 2.32. The molecular weight excluding hydrogens is 467 g/mol. The number of ether oxygens (including phenoxy) is 2. The fraction of sp³-hybridized carbons (Fsp3) is 0.316. The number of hydrogen-bond donors (Lipinski definition) is 2. The number of fused-ring (bicyclic) bond motifs is 1. The molecule has 1 heterocycles. The van der Waals surface area contributed by atoms with E-state index in [1.807, 2.05) is 18.2 Å². The van der Waals surface area contributed by atoms with Crippen LogP contribution in [0, 0.1) is 11.6 Å². The number of nitrogens with zero attached hydrogens (tertiary/aromatic N) is 1. The van der Waals surface area contributed by atoms with E-state index in [-0.39, 0.29) is 30.8 Å². The van der Waals surface area contributed by atoms with E-state index in [1.165, 1.54) is 12.1 Å². The fourth-order valence-electron chi connectivity index (χ4n) is 2.68. The van der Waals surface area contributed by atoms with Gasteiger partial charge < -0.3 is 20.1 Å². The third-order valence-electron chi connectivity index (χ3n) is 4.07. The van der Waals surface area contributed by atoms with Gasteiger partial charge in [-0.15, -0.1) is 24.0 Å². The molecule has 0 atom stereocenters. The summed E-state index contributed by atoms with van der Waals surface area (Å²) in [5, 5.41) is 6.33. The molecule has 0 saturated heterocycles. The number of hydrogen-bond acceptors (Lipinski definition) is 3. The van der Waals surface area contributed by atoms with Crippen molar-refractivity contribution in [3.8, 4) is 11.5 Å². The summed E-state index contributed by atoms with van der Waals surface area (Å²) < 4.78 is 37.2. The predicted molar refractivity (Wildman–Crippen MR) is 111 cm³/mol. The molecular formula is C19H22F2IN3O2. The maximum atomic E-state index is 13.6. The van der Waals surface area contributed by atoms with Crippen LogP contribution < -0.4 is 20.1 Å². The lowest BCUT2D eigenvalue weighted by Gasteiger charge is -2.12. The number of halogens is 3. The summed E-state index contributed by atoms with van der Waals surface area (Å²) in [4.78, 5) is 4.14. The van der Waals surface area contributed by atoms with Gasteiger partial charge in [0, 0.05) is 26.2 Å². The van der Waals surface area contributed by atoms with Gasteiger partial charge in [0.1, 0.15) is 11.6 Å². The van der Waals surface area contributed by atoms with Gasteiger partial charge in [-0.25, -0.2) is 8.78 Å². The molecule has 2 aromatic rings. The first-order chi connectivity index (χ1) is 12.7. The summed E-state index contributed by atoms with van der Waals surface area (Å²) >= 11 is 0. The minimum absolute atomic E-state index is 0. The molecule has 2 aromatic carbocycles. The molecule has 1 aliphatic rings. The summed E-state index contributed by atoms with van der Waals surface area (Å²) in [5.41, 5.74) is 1.60. The number of rotatable bonds is 6. The maximum absolute atomic E-state index is 13.6. The second-order valence-corrected chi connectivity index (χ2v) is 5.85. The van der Waals surface area contributed by atoms with E-state index in [1.54, 1.807) is 7.05 Å². The minimum atomic E-state index is -0.569. The zero-order valence-corrected chi connectivity index (χ0v) is 17.3. The van der Waals surface area contributed by atoms with Gasteiger partial charge in [-0.3, -0.25) is 4.99 Å². The maximum Gasteiger partial charge on any atom is 0.231 e. The summed E-state index contributed by atoms with van der Waals surface area (Å²) in [7, 11) is 1.67. The Balaban J connectivity index is 0.00000261. The number of nitrogens with one attached hydrogen (secondary N) is 2. The molecule has 27 heavy (non-hydrogen) atoms. The Labute approximate surface area is 174 Å². The predicted octanol–water partition coefficient (Wildman–Crippen LogP) is 3.26. The van der Waals surface area contributed by atoms with Gasteiger partial charge in [0.25, 0.3) is 0 Å². The van der Waals surface area contributed by atoms with Crippen molar-refractivity contribution < 1.29 is 18.3 Å². The van der Waals surface area contributed by atoms with Crippen LogP contribution in [0.4, 0.5) is 8.78 Å². The van der Waals surface area contributed by atoms with Gasteiger partial charge >= 0.3 is 0 Å². The lowest BCUT2D eigenvalue weighted by atomic mass is 10.1. The normalized spacial score (nSPS) is 12.5. The first-order valence-corrected chi connectivity index (χ1v) is 8.42. The van der Waals surface area contributed by atoms with Crippen molar-refractivity contribution in [2.75, 3.05) is 26.9 Å². The van der Waals surface area contributed by atoms with Crippen molar-refractivity contribution in [1.29, 1.82) is 0 Å². The second kappa shape index (κ2) is 10.3. The molecule has 0 saturated carbocycles. The Morgan fingerprint density at radius 3 is 2.48 bits per heavy atom. The third kappa shape index (κ3) is 5.95. The van der Waals surface area contributed by atoms with E-state index in [0.717, 1.165) is 29.5 Å². The summed E-state index contributed by atoms with van der Waals surface area (Å²) in [5.74, 6) is 1.07. The third-order valence-corrected chi connectivity index (χ3v) is 4.07. The highest BCUT2D eigenvalue weighted by atomic mass is 127. The first kappa shape index (κ1) is 21.2. The smallest absolute Gasteiger partial charge is 0.231 e. The minimum Gasteiger partial charge on any atom is -0.454 e. The van der Waals surface area contributed by atoms with Gasteiger partial charge in [0.2, 0.25) is 6.79 Å². The van der Waals surface area contributed by atoms with E-state index < -0.39 is 11.6 Å². The number of aliphatic imine (C=N–C) groups is 1. The quantitative estimate of drug-likeness (QED) is 0.372. The Bertz CT molecular complexity index is 803. The first-order valence-electron chi connectivity index (χ1n) is 8.42. The molecule has 1 aliphatic heterocycles. The molecule has 146 valence electrons. The molecule has 0 radical (unpaired) electrons. The molecule has 0 spiro atoms. The highest BCUT2D eigenvalue weighted by Gasteiger charge is 2.13. The number of guanidine groups is 1. The van der Waals surface area contributed by atoms with E-state index in [2.05, 4.69) is 15.6 Å². The molecule has 8 heteroatoms. The van der Waals surface area contributed by atoms with Crippen molar-refractivity contribution in [3.05, 3.63) is 59.2 Å². The Morgan fingerprint density at radius 2 is 1.74 bits per heavy atom. The summed E-state index contributed by atoms with van der Waals surface area (Å²) in [6, 6.07) is 9.50. The van der Waals surface area contributed by atoms with Crippen LogP contribution in [0.15, 0.2) is 41.4 Å².